The van der Waals surface area contributed by atoms with Crippen LogP contribution in [0.25, 0.3) is 0 Å². The fourth-order valence-electron chi connectivity index (χ4n) is 12.6. The second kappa shape index (κ2) is 73.9. The molecule has 0 amide bonds. The predicted octanol–water partition coefficient (Wildman–Crippen LogP) is 24.4. The highest BCUT2D eigenvalue weighted by molar-refractivity contribution is 7.47. The first-order valence-corrected chi connectivity index (χ1v) is 45.1. The molecule has 0 radical (unpaired) electrons. The van der Waals surface area contributed by atoms with Gasteiger partial charge in [0.05, 0.1) is 26.4 Å². The molecule has 0 aliphatic rings. The van der Waals surface area contributed by atoms with E-state index in [-0.39, 0.29) is 25.7 Å². The van der Waals surface area contributed by atoms with Gasteiger partial charge in [-0.05, 0) is 31.6 Å². The Morgan fingerprint density at radius 2 is 0.460 bits per heavy atom. The van der Waals surface area contributed by atoms with Crippen molar-refractivity contribution < 1.29 is 80.2 Å². The van der Waals surface area contributed by atoms with Crippen LogP contribution in [0.5, 0.6) is 0 Å². The van der Waals surface area contributed by atoms with Crippen LogP contribution < -0.4 is 0 Å². The quantitative estimate of drug-likeness (QED) is 0.0222. The molecule has 0 heterocycles. The van der Waals surface area contributed by atoms with Crippen molar-refractivity contribution in [2.45, 2.75) is 451 Å². The second-order valence-electron chi connectivity index (χ2n) is 29.6. The molecule has 0 saturated carbocycles. The number of esters is 4. The Bertz CT molecular complexity index is 1910. The molecule has 0 bridgehead atoms. The first-order valence-electron chi connectivity index (χ1n) is 42.1. The van der Waals surface area contributed by atoms with Crippen molar-refractivity contribution in [2.75, 3.05) is 39.6 Å². The molecule has 0 aromatic carbocycles. The molecule has 594 valence electrons. The van der Waals surface area contributed by atoms with Crippen LogP contribution >= 0.6 is 15.6 Å². The van der Waals surface area contributed by atoms with Gasteiger partial charge in [0.25, 0.3) is 0 Å². The monoisotopic (exact) mass is 1470 g/mol. The number of unbranched alkanes of at least 4 members (excludes halogenated alkanes) is 53. The lowest BCUT2D eigenvalue weighted by Gasteiger charge is -2.21. The van der Waals surface area contributed by atoms with E-state index in [4.69, 9.17) is 37.0 Å². The standard InChI is InChI=1S/C81H158O17P2/c1-6-9-12-15-18-21-23-25-27-29-31-33-35-37-39-41-43-46-49-55-60-65-79(84)92-70-76(97-80(85)66-61-56-50-47-44-42-40-38-36-34-32-30-28-26-24-22-19-16-13-10-7-2)72-95-99(87,88)93-68-75(82)69-94-100(89,90)96-73-77(98-81(86)67-62-57-52-51-53-58-63-74(4)5)71-91-78(83)64-59-54-48-45-20-17-14-11-8-3/h74-77,82H,6-73H2,1-5H3,(H,87,88)(H,89,90)/t75-,76-,77-/m1/s1. The zero-order valence-electron chi connectivity index (χ0n) is 65.3. The normalized spacial score (nSPS) is 13.8. The Balaban J connectivity index is 5.14. The predicted molar refractivity (Wildman–Crippen MR) is 409 cm³/mol. The molecule has 17 nitrogen and oxygen atoms in total. The molecule has 2 unspecified atom stereocenters. The van der Waals surface area contributed by atoms with Gasteiger partial charge in [-0.1, -0.05) is 381 Å². The van der Waals surface area contributed by atoms with Gasteiger partial charge < -0.3 is 33.8 Å². The average molecular weight is 1470 g/mol. The highest BCUT2D eigenvalue weighted by Gasteiger charge is 2.30. The third-order valence-electron chi connectivity index (χ3n) is 19.0. The maximum atomic E-state index is 13.1. The molecular formula is C81H158O17P2. The van der Waals surface area contributed by atoms with E-state index in [1.807, 2.05) is 0 Å². The van der Waals surface area contributed by atoms with Crippen molar-refractivity contribution in [3.8, 4) is 0 Å². The van der Waals surface area contributed by atoms with Gasteiger partial charge >= 0.3 is 39.5 Å². The number of rotatable bonds is 81. The van der Waals surface area contributed by atoms with Crippen molar-refractivity contribution in [2.24, 2.45) is 5.92 Å². The van der Waals surface area contributed by atoms with E-state index in [2.05, 4.69) is 34.6 Å². The molecule has 0 fully saturated rings. The summed E-state index contributed by atoms with van der Waals surface area (Å²) in [5.74, 6) is -1.45. The van der Waals surface area contributed by atoms with Crippen LogP contribution in [0.3, 0.4) is 0 Å². The molecule has 5 atom stereocenters. The van der Waals surface area contributed by atoms with Crippen molar-refractivity contribution in [3.05, 3.63) is 0 Å². The van der Waals surface area contributed by atoms with E-state index in [9.17, 15) is 43.2 Å². The lowest BCUT2D eigenvalue weighted by atomic mass is 10.0. The molecule has 0 spiro atoms. The number of aliphatic hydroxyl groups excluding tert-OH is 1. The van der Waals surface area contributed by atoms with E-state index in [0.717, 1.165) is 89.9 Å². The van der Waals surface area contributed by atoms with Gasteiger partial charge in [0.1, 0.15) is 19.3 Å². The van der Waals surface area contributed by atoms with Gasteiger partial charge in [-0.3, -0.25) is 37.3 Å². The third kappa shape index (κ3) is 74.3. The largest absolute Gasteiger partial charge is 0.472 e. The van der Waals surface area contributed by atoms with Crippen molar-refractivity contribution in [3.63, 3.8) is 0 Å². The highest BCUT2D eigenvalue weighted by Crippen LogP contribution is 2.45. The number of hydrogen-bond acceptors (Lipinski definition) is 15. The highest BCUT2D eigenvalue weighted by atomic mass is 31.2. The van der Waals surface area contributed by atoms with Crippen LogP contribution in [0, 0.1) is 5.92 Å². The average Bonchev–Trinajstić information content (AvgIpc) is 0.951. The number of ether oxygens (including phenoxy) is 4. The topological polar surface area (TPSA) is 237 Å². The van der Waals surface area contributed by atoms with Gasteiger partial charge in [-0.2, -0.15) is 0 Å². The Morgan fingerprint density at radius 3 is 0.680 bits per heavy atom. The molecule has 0 aromatic rings. The Hall–Kier alpha value is -1.94. The minimum atomic E-state index is -4.96. The lowest BCUT2D eigenvalue weighted by Crippen LogP contribution is -2.30. The summed E-state index contributed by atoms with van der Waals surface area (Å²) < 4.78 is 68.5. The van der Waals surface area contributed by atoms with Gasteiger partial charge in [0, 0.05) is 25.7 Å². The molecule has 0 saturated heterocycles. The number of carbonyl (C=O) groups excluding carboxylic acids is 4. The summed E-state index contributed by atoms with van der Waals surface area (Å²) in [5.41, 5.74) is 0. The lowest BCUT2D eigenvalue weighted by molar-refractivity contribution is -0.161. The summed E-state index contributed by atoms with van der Waals surface area (Å²) in [6.45, 7) is 7.20. The van der Waals surface area contributed by atoms with E-state index in [1.165, 1.54) is 257 Å². The zero-order valence-corrected chi connectivity index (χ0v) is 67.1. The number of carbonyl (C=O) groups is 4. The SMILES string of the molecule is CCCCCCCCCCCCCCCCCCCCCCCC(=O)OC[C@H](COP(=O)(O)OC[C@@H](O)COP(=O)(O)OC[C@@H](COC(=O)CCCCCCCCCCC)OC(=O)CCCCCCCCC(C)C)OC(=O)CCCCCCCCCCCCCCCCCCCCCCC. The molecule has 0 aliphatic carbocycles. The fraction of sp³-hybridized carbons (Fsp3) is 0.951. The first-order chi connectivity index (χ1) is 48.5. The summed E-state index contributed by atoms with van der Waals surface area (Å²) in [6.07, 6.45) is 65.8. The minimum Gasteiger partial charge on any atom is -0.462 e. The van der Waals surface area contributed by atoms with Crippen LogP contribution in [-0.2, 0) is 65.4 Å². The molecule has 0 rings (SSSR count). The van der Waals surface area contributed by atoms with Crippen LogP contribution in [0.2, 0.25) is 0 Å². The van der Waals surface area contributed by atoms with Crippen molar-refractivity contribution >= 4 is 39.5 Å². The molecule has 100 heavy (non-hydrogen) atoms. The molecule has 19 heteroatoms. The number of phosphoric ester groups is 2. The number of aliphatic hydroxyl groups is 1. The fourth-order valence-corrected chi connectivity index (χ4v) is 14.2. The smallest absolute Gasteiger partial charge is 0.462 e. The maximum absolute atomic E-state index is 13.1. The summed E-state index contributed by atoms with van der Waals surface area (Å²) in [6, 6.07) is 0. The van der Waals surface area contributed by atoms with Crippen LogP contribution in [-0.4, -0.2) is 96.7 Å². The first kappa shape index (κ1) is 98.1. The van der Waals surface area contributed by atoms with Crippen LogP contribution in [0.4, 0.5) is 0 Å². The molecule has 3 N–H and O–H groups in total. The number of hydrogen-bond donors (Lipinski definition) is 3. The van der Waals surface area contributed by atoms with Crippen molar-refractivity contribution in [1.82, 2.24) is 0 Å². The van der Waals surface area contributed by atoms with Gasteiger partial charge in [-0.15, -0.1) is 0 Å². The summed E-state index contributed by atoms with van der Waals surface area (Å²) in [7, 11) is -9.91. The Kier molecular flexibility index (Phi) is 72.5. The van der Waals surface area contributed by atoms with E-state index >= 15 is 0 Å². The zero-order chi connectivity index (χ0) is 73.4. The number of phosphoric acid groups is 2. The summed E-state index contributed by atoms with van der Waals surface area (Å²) in [5, 5.41) is 10.6. The molecule has 0 aromatic heterocycles. The second-order valence-corrected chi connectivity index (χ2v) is 32.5. The Labute approximate surface area is 613 Å². The van der Waals surface area contributed by atoms with Crippen LogP contribution in [0.1, 0.15) is 433 Å². The Morgan fingerprint density at radius 1 is 0.270 bits per heavy atom. The van der Waals surface area contributed by atoms with Gasteiger partial charge in [0.15, 0.2) is 12.2 Å². The van der Waals surface area contributed by atoms with E-state index in [1.54, 1.807) is 0 Å². The summed E-state index contributed by atoms with van der Waals surface area (Å²) >= 11 is 0. The summed E-state index contributed by atoms with van der Waals surface area (Å²) in [4.78, 5) is 72.8. The molecule has 0 aliphatic heterocycles. The van der Waals surface area contributed by atoms with E-state index < -0.39 is 97.5 Å². The van der Waals surface area contributed by atoms with Crippen molar-refractivity contribution in [1.29, 1.82) is 0 Å². The van der Waals surface area contributed by atoms with Gasteiger partial charge in [-0.25, -0.2) is 9.13 Å². The molecular weight excluding hydrogens is 1310 g/mol. The van der Waals surface area contributed by atoms with E-state index in [0.29, 0.717) is 31.6 Å². The minimum absolute atomic E-state index is 0.103. The maximum Gasteiger partial charge on any atom is 0.472 e. The van der Waals surface area contributed by atoms with Crippen LogP contribution in [0.15, 0.2) is 0 Å². The van der Waals surface area contributed by atoms with Gasteiger partial charge in [0.2, 0.25) is 0 Å². The third-order valence-corrected chi connectivity index (χ3v) is 20.9.